The maximum atomic E-state index is 3.61. The fourth-order valence-corrected chi connectivity index (χ4v) is 2.77. The van der Waals surface area contributed by atoms with Crippen molar-refractivity contribution in [3.63, 3.8) is 0 Å². The molecule has 0 aliphatic heterocycles. The Bertz CT molecular complexity index is 780. The van der Waals surface area contributed by atoms with Crippen LogP contribution in [0.25, 0.3) is 0 Å². The highest BCUT2D eigenvalue weighted by Gasteiger charge is 2.08. The van der Waals surface area contributed by atoms with Gasteiger partial charge in [-0.25, -0.2) is 0 Å². The fourth-order valence-electron chi connectivity index (χ4n) is 2.77. The lowest BCUT2D eigenvalue weighted by molar-refractivity contribution is 1.11. The summed E-state index contributed by atoms with van der Waals surface area (Å²) in [4.78, 5) is 0. The lowest BCUT2D eigenvalue weighted by Gasteiger charge is -2.18. The van der Waals surface area contributed by atoms with Crippen LogP contribution in [-0.4, -0.2) is 0 Å². The second-order valence-electron chi connectivity index (χ2n) is 6.11. The van der Waals surface area contributed by atoms with Gasteiger partial charge in [0.25, 0.3) is 0 Å². The molecular weight excluding hydrogens is 292 g/mol. The van der Waals surface area contributed by atoms with Crippen molar-refractivity contribution in [2.24, 2.45) is 0 Å². The smallest absolute Gasteiger partial charge is 0.0611 e. The molecule has 0 aromatic heterocycles. The molecule has 0 amide bonds. The zero-order valence-electron chi connectivity index (χ0n) is 14.3. The maximum Gasteiger partial charge on any atom is 0.0611 e. The first-order valence-corrected chi connectivity index (χ1v) is 8.40. The molecule has 0 atom stereocenters. The van der Waals surface area contributed by atoms with E-state index in [0.29, 0.717) is 0 Å². The molecule has 0 bridgehead atoms. The van der Waals surface area contributed by atoms with Crippen LogP contribution in [0, 0.1) is 13.8 Å². The Labute approximate surface area is 144 Å². The van der Waals surface area contributed by atoms with E-state index in [1.807, 2.05) is 12.1 Å². The van der Waals surface area contributed by atoms with Gasteiger partial charge >= 0.3 is 0 Å². The SMILES string of the molecule is Cc1ccc(NCc2ccccc2)c(NCc2ccccc2)c1C. The minimum Gasteiger partial charge on any atom is -0.379 e. The van der Waals surface area contributed by atoms with Crippen molar-refractivity contribution in [3.05, 3.63) is 95.1 Å². The highest BCUT2D eigenvalue weighted by Crippen LogP contribution is 2.29. The molecule has 2 nitrogen and oxygen atoms in total. The third kappa shape index (κ3) is 3.96. The molecule has 0 radical (unpaired) electrons. The number of anilines is 2. The summed E-state index contributed by atoms with van der Waals surface area (Å²) in [5.41, 5.74) is 7.50. The van der Waals surface area contributed by atoms with Crippen molar-refractivity contribution in [1.82, 2.24) is 0 Å². The van der Waals surface area contributed by atoms with E-state index in [1.54, 1.807) is 0 Å². The van der Waals surface area contributed by atoms with Gasteiger partial charge in [-0.2, -0.15) is 0 Å². The molecule has 3 aromatic carbocycles. The van der Waals surface area contributed by atoms with Gasteiger partial charge in [-0.1, -0.05) is 66.7 Å². The molecule has 0 heterocycles. The molecule has 122 valence electrons. The highest BCUT2D eigenvalue weighted by molar-refractivity contribution is 5.74. The minimum absolute atomic E-state index is 0.823. The molecule has 24 heavy (non-hydrogen) atoms. The first kappa shape index (κ1) is 16.1. The van der Waals surface area contributed by atoms with Crippen LogP contribution in [0.15, 0.2) is 72.8 Å². The Balaban J connectivity index is 1.77. The van der Waals surface area contributed by atoms with E-state index in [2.05, 4.69) is 85.1 Å². The van der Waals surface area contributed by atoms with Gasteiger partial charge in [0.2, 0.25) is 0 Å². The predicted octanol–water partition coefficient (Wildman–Crippen LogP) is 5.53. The van der Waals surface area contributed by atoms with Gasteiger partial charge < -0.3 is 10.6 Å². The van der Waals surface area contributed by atoms with Crippen LogP contribution in [0.1, 0.15) is 22.3 Å². The number of hydrogen-bond donors (Lipinski definition) is 2. The molecule has 0 saturated carbocycles. The van der Waals surface area contributed by atoms with Gasteiger partial charge in [-0.15, -0.1) is 0 Å². The largest absolute Gasteiger partial charge is 0.379 e. The molecule has 0 aliphatic rings. The number of benzene rings is 3. The summed E-state index contributed by atoms with van der Waals surface area (Å²) in [6.45, 7) is 5.98. The summed E-state index contributed by atoms with van der Waals surface area (Å²) in [5.74, 6) is 0. The summed E-state index contributed by atoms with van der Waals surface area (Å²) in [7, 11) is 0. The average molecular weight is 316 g/mol. The molecule has 3 rings (SSSR count). The van der Waals surface area contributed by atoms with Gasteiger partial charge in [0.15, 0.2) is 0 Å². The molecule has 3 aromatic rings. The number of aryl methyl sites for hydroxylation is 1. The molecule has 0 fully saturated rings. The van der Waals surface area contributed by atoms with Crippen molar-refractivity contribution in [2.45, 2.75) is 26.9 Å². The zero-order chi connectivity index (χ0) is 16.8. The van der Waals surface area contributed by atoms with Crippen LogP contribution in [0.3, 0.4) is 0 Å². The first-order chi connectivity index (χ1) is 11.7. The van der Waals surface area contributed by atoms with Crippen molar-refractivity contribution in [3.8, 4) is 0 Å². The molecule has 0 spiro atoms. The fraction of sp³-hybridized carbons (Fsp3) is 0.182. The molecular formula is C22H24N2. The Morgan fingerprint density at radius 1 is 0.625 bits per heavy atom. The van der Waals surface area contributed by atoms with E-state index in [1.165, 1.54) is 27.9 Å². The predicted molar refractivity (Wildman–Crippen MR) is 103 cm³/mol. The summed E-state index contributed by atoms with van der Waals surface area (Å²) < 4.78 is 0. The summed E-state index contributed by atoms with van der Waals surface area (Å²) in [6.07, 6.45) is 0. The van der Waals surface area contributed by atoms with Crippen LogP contribution < -0.4 is 10.6 Å². The van der Waals surface area contributed by atoms with E-state index in [0.717, 1.165) is 18.8 Å². The Morgan fingerprint density at radius 3 is 1.75 bits per heavy atom. The lowest BCUT2D eigenvalue weighted by atomic mass is 10.1. The van der Waals surface area contributed by atoms with Gasteiger partial charge in [0, 0.05) is 13.1 Å². The Kier molecular flexibility index (Phi) is 5.17. The Morgan fingerprint density at radius 2 is 1.17 bits per heavy atom. The van der Waals surface area contributed by atoms with Crippen molar-refractivity contribution in [2.75, 3.05) is 10.6 Å². The average Bonchev–Trinajstić information content (AvgIpc) is 2.63. The topological polar surface area (TPSA) is 24.1 Å². The van der Waals surface area contributed by atoms with Gasteiger partial charge in [0.1, 0.15) is 0 Å². The van der Waals surface area contributed by atoms with Crippen LogP contribution in [-0.2, 0) is 13.1 Å². The number of hydrogen-bond acceptors (Lipinski definition) is 2. The highest BCUT2D eigenvalue weighted by atomic mass is 15.0. The van der Waals surface area contributed by atoms with Crippen molar-refractivity contribution < 1.29 is 0 Å². The molecule has 2 N–H and O–H groups in total. The van der Waals surface area contributed by atoms with E-state index in [4.69, 9.17) is 0 Å². The van der Waals surface area contributed by atoms with Gasteiger partial charge in [0.05, 0.1) is 11.4 Å². The zero-order valence-corrected chi connectivity index (χ0v) is 14.3. The van der Waals surface area contributed by atoms with Crippen molar-refractivity contribution in [1.29, 1.82) is 0 Å². The quantitative estimate of drug-likeness (QED) is 0.625. The molecule has 0 unspecified atom stereocenters. The monoisotopic (exact) mass is 316 g/mol. The third-order valence-corrected chi connectivity index (χ3v) is 4.37. The summed E-state index contributed by atoms with van der Waals surface area (Å²) in [5, 5.41) is 7.18. The Hall–Kier alpha value is -2.74. The normalized spacial score (nSPS) is 10.4. The van der Waals surface area contributed by atoms with E-state index in [9.17, 15) is 0 Å². The van der Waals surface area contributed by atoms with Gasteiger partial charge in [-0.3, -0.25) is 0 Å². The standard InChI is InChI=1S/C22H24N2/c1-17-13-14-21(23-15-19-9-5-3-6-10-19)22(18(17)2)24-16-20-11-7-4-8-12-20/h3-14,23-24H,15-16H2,1-2H3. The maximum absolute atomic E-state index is 3.61. The van der Waals surface area contributed by atoms with Crippen LogP contribution >= 0.6 is 0 Å². The second-order valence-corrected chi connectivity index (χ2v) is 6.11. The van der Waals surface area contributed by atoms with E-state index in [-0.39, 0.29) is 0 Å². The molecule has 2 heteroatoms. The number of nitrogens with one attached hydrogen (secondary N) is 2. The summed E-state index contributed by atoms with van der Waals surface area (Å²) in [6, 6.07) is 25.3. The second kappa shape index (κ2) is 7.69. The van der Waals surface area contributed by atoms with Crippen LogP contribution in [0.4, 0.5) is 11.4 Å². The van der Waals surface area contributed by atoms with Crippen LogP contribution in [0.2, 0.25) is 0 Å². The van der Waals surface area contributed by atoms with Crippen LogP contribution in [0.5, 0.6) is 0 Å². The third-order valence-electron chi connectivity index (χ3n) is 4.37. The van der Waals surface area contributed by atoms with E-state index >= 15 is 0 Å². The van der Waals surface area contributed by atoms with Crippen molar-refractivity contribution >= 4 is 11.4 Å². The number of rotatable bonds is 6. The molecule has 0 saturated heterocycles. The van der Waals surface area contributed by atoms with E-state index < -0.39 is 0 Å². The minimum atomic E-state index is 0.823. The first-order valence-electron chi connectivity index (χ1n) is 8.40. The molecule has 0 aliphatic carbocycles. The van der Waals surface area contributed by atoms with Gasteiger partial charge in [-0.05, 0) is 42.2 Å². The lowest BCUT2D eigenvalue weighted by Crippen LogP contribution is -2.07. The summed E-state index contributed by atoms with van der Waals surface area (Å²) >= 11 is 0.